The predicted molar refractivity (Wildman–Crippen MR) is 104 cm³/mol. The number of ether oxygens (including phenoxy) is 1. The smallest absolute Gasteiger partial charge is 0.255 e. The summed E-state index contributed by atoms with van der Waals surface area (Å²) in [4.78, 5) is 16.6. The van der Waals surface area contributed by atoms with Gasteiger partial charge in [-0.25, -0.2) is 4.98 Å². The Balaban J connectivity index is 1.58. The van der Waals surface area contributed by atoms with Gasteiger partial charge in [-0.3, -0.25) is 4.79 Å². The number of hydrogen-bond acceptors (Lipinski definition) is 4. The summed E-state index contributed by atoms with van der Waals surface area (Å²) in [6, 6.07) is 18.9. The first-order valence-corrected chi connectivity index (χ1v) is 8.35. The zero-order valence-electron chi connectivity index (χ0n) is 14.8. The minimum Gasteiger partial charge on any atom is -0.497 e. The molecule has 0 bridgehead atoms. The van der Waals surface area contributed by atoms with Crippen molar-refractivity contribution in [3.63, 3.8) is 0 Å². The van der Waals surface area contributed by atoms with Crippen LogP contribution in [0.4, 0.5) is 11.5 Å². The number of hydrogen-bond donors (Lipinski definition) is 2. The molecule has 3 rings (SSSR count). The van der Waals surface area contributed by atoms with Crippen molar-refractivity contribution in [2.75, 3.05) is 17.7 Å². The number of nitrogens with zero attached hydrogens (tertiary/aromatic N) is 1. The highest BCUT2D eigenvalue weighted by molar-refractivity contribution is 6.04. The second kappa shape index (κ2) is 8.16. The lowest BCUT2D eigenvalue weighted by atomic mass is 10.1. The minimum atomic E-state index is -0.185. The largest absolute Gasteiger partial charge is 0.497 e. The monoisotopic (exact) mass is 347 g/mol. The first-order valence-electron chi connectivity index (χ1n) is 8.35. The maximum atomic E-state index is 12.3. The van der Waals surface area contributed by atoms with E-state index in [1.807, 2.05) is 24.3 Å². The predicted octanol–water partition coefficient (Wildman–Crippen LogP) is 4.26. The van der Waals surface area contributed by atoms with Gasteiger partial charge in [-0.05, 0) is 54.4 Å². The average Bonchev–Trinajstić information content (AvgIpc) is 2.68. The van der Waals surface area contributed by atoms with Crippen LogP contribution in [0.25, 0.3) is 0 Å². The van der Waals surface area contributed by atoms with E-state index in [1.165, 1.54) is 11.1 Å². The Morgan fingerprint density at radius 2 is 1.81 bits per heavy atom. The molecule has 2 aromatic carbocycles. The molecule has 1 amide bonds. The summed E-state index contributed by atoms with van der Waals surface area (Å²) in [5, 5.41) is 6.12. The molecule has 0 aliphatic heterocycles. The number of pyridine rings is 1. The van der Waals surface area contributed by atoms with Crippen LogP contribution in [0, 0.1) is 6.92 Å². The Kier molecular flexibility index (Phi) is 5.49. The number of aryl methyl sites for hydroxylation is 1. The third kappa shape index (κ3) is 4.39. The molecule has 0 aliphatic carbocycles. The van der Waals surface area contributed by atoms with Crippen molar-refractivity contribution in [1.29, 1.82) is 0 Å². The van der Waals surface area contributed by atoms with E-state index >= 15 is 0 Å². The van der Waals surface area contributed by atoms with E-state index in [0.29, 0.717) is 23.5 Å². The lowest BCUT2D eigenvalue weighted by Crippen LogP contribution is -2.12. The lowest BCUT2D eigenvalue weighted by Gasteiger charge is -2.09. The molecule has 0 unspecified atom stereocenters. The van der Waals surface area contributed by atoms with Gasteiger partial charge in [0.1, 0.15) is 11.6 Å². The van der Waals surface area contributed by atoms with Gasteiger partial charge in [0.2, 0.25) is 0 Å². The van der Waals surface area contributed by atoms with Gasteiger partial charge in [-0.2, -0.15) is 0 Å². The van der Waals surface area contributed by atoms with Gasteiger partial charge in [0, 0.05) is 12.1 Å². The number of carbonyl (C=O) groups excluding carboxylic acids is 1. The van der Waals surface area contributed by atoms with E-state index in [4.69, 9.17) is 4.74 Å². The van der Waals surface area contributed by atoms with Gasteiger partial charge in [0.25, 0.3) is 5.91 Å². The van der Waals surface area contributed by atoms with Gasteiger partial charge in [-0.1, -0.05) is 24.3 Å². The number of carbonyl (C=O) groups is 1. The summed E-state index contributed by atoms with van der Waals surface area (Å²) in [6.45, 7) is 2.79. The molecule has 0 saturated heterocycles. The quantitative estimate of drug-likeness (QED) is 0.699. The summed E-state index contributed by atoms with van der Waals surface area (Å²) in [7, 11) is 1.59. The zero-order chi connectivity index (χ0) is 18.4. The number of methoxy groups -OCH3 is 1. The first-order chi connectivity index (χ1) is 12.7. The molecular formula is C21H21N3O2. The summed E-state index contributed by atoms with van der Waals surface area (Å²) >= 11 is 0. The van der Waals surface area contributed by atoms with Gasteiger partial charge < -0.3 is 15.4 Å². The van der Waals surface area contributed by atoms with Crippen LogP contribution in [0.2, 0.25) is 0 Å². The Hall–Kier alpha value is -3.34. The van der Waals surface area contributed by atoms with E-state index in [0.717, 1.165) is 5.82 Å². The summed E-state index contributed by atoms with van der Waals surface area (Å²) < 4.78 is 5.09. The Morgan fingerprint density at radius 3 is 2.46 bits per heavy atom. The average molecular weight is 347 g/mol. The summed E-state index contributed by atoms with van der Waals surface area (Å²) in [6.07, 6.45) is 1.64. The molecule has 0 saturated carbocycles. The molecule has 3 aromatic rings. The highest BCUT2D eigenvalue weighted by Gasteiger charge is 2.07. The van der Waals surface area contributed by atoms with Crippen molar-refractivity contribution >= 4 is 17.4 Å². The van der Waals surface area contributed by atoms with Crippen LogP contribution in [0.3, 0.4) is 0 Å². The van der Waals surface area contributed by atoms with Crippen LogP contribution in [0.5, 0.6) is 5.75 Å². The highest BCUT2D eigenvalue weighted by atomic mass is 16.5. The molecule has 26 heavy (non-hydrogen) atoms. The normalized spacial score (nSPS) is 10.2. The van der Waals surface area contributed by atoms with Crippen molar-refractivity contribution in [1.82, 2.24) is 4.98 Å². The van der Waals surface area contributed by atoms with Crippen molar-refractivity contribution in [3.8, 4) is 5.75 Å². The van der Waals surface area contributed by atoms with E-state index in [9.17, 15) is 4.79 Å². The second-order valence-electron chi connectivity index (χ2n) is 5.89. The van der Waals surface area contributed by atoms with Gasteiger partial charge in [0.15, 0.2) is 0 Å². The molecule has 0 spiro atoms. The minimum absolute atomic E-state index is 0.185. The van der Waals surface area contributed by atoms with Crippen molar-refractivity contribution in [2.45, 2.75) is 13.5 Å². The van der Waals surface area contributed by atoms with E-state index in [-0.39, 0.29) is 5.91 Å². The third-order valence-corrected chi connectivity index (χ3v) is 4.09. The fourth-order valence-electron chi connectivity index (χ4n) is 2.51. The second-order valence-corrected chi connectivity index (χ2v) is 5.89. The molecule has 1 heterocycles. The van der Waals surface area contributed by atoms with Gasteiger partial charge >= 0.3 is 0 Å². The Bertz CT molecular complexity index is 875. The van der Waals surface area contributed by atoms with Gasteiger partial charge in [-0.15, -0.1) is 0 Å². The molecule has 0 atom stereocenters. The van der Waals surface area contributed by atoms with Crippen LogP contribution in [-0.4, -0.2) is 18.0 Å². The Labute approximate surface area is 153 Å². The first kappa shape index (κ1) is 17.5. The summed E-state index contributed by atoms with van der Waals surface area (Å²) in [5.41, 5.74) is 3.68. The van der Waals surface area contributed by atoms with Crippen molar-refractivity contribution < 1.29 is 9.53 Å². The van der Waals surface area contributed by atoms with Crippen LogP contribution in [0.1, 0.15) is 21.5 Å². The van der Waals surface area contributed by atoms with Crippen LogP contribution in [-0.2, 0) is 6.54 Å². The van der Waals surface area contributed by atoms with Crippen LogP contribution >= 0.6 is 0 Å². The number of amides is 1. The van der Waals surface area contributed by atoms with E-state index in [1.54, 1.807) is 37.6 Å². The van der Waals surface area contributed by atoms with Crippen molar-refractivity contribution in [2.24, 2.45) is 0 Å². The topological polar surface area (TPSA) is 63.2 Å². The maximum Gasteiger partial charge on any atom is 0.255 e. The number of anilines is 2. The SMILES string of the molecule is COc1ccc(C(=O)Nc2ccc(NCc3ccccc3C)nc2)cc1. The molecule has 132 valence electrons. The number of aromatic nitrogens is 1. The lowest BCUT2D eigenvalue weighted by molar-refractivity contribution is 0.102. The van der Waals surface area contributed by atoms with Gasteiger partial charge in [0.05, 0.1) is 19.0 Å². The number of nitrogens with one attached hydrogen (secondary N) is 2. The fourth-order valence-corrected chi connectivity index (χ4v) is 2.51. The number of benzene rings is 2. The van der Waals surface area contributed by atoms with Crippen LogP contribution in [0.15, 0.2) is 66.9 Å². The standard InChI is InChI=1S/C21H21N3O2/c1-15-5-3-4-6-17(15)13-22-20-12-9-18(14-23-20)24-21(25)16-7-10-19(26-2)11-8-16/h3-12,14H,13H2,1-2H3,(H,22,23)(H,24,25). The van der Waals surface area contributed by atoms with Crippen LogP contribution < -0.4 is 15.4 Å². The zero-order valence-corrected chi connectivity index (χ0v) is 14.8. The summed E-state index contributed by atoms with van der Waals surface area (Å²) in [5.74, 6) is 1.29. The molecule has 5 heteroatoms. The molecule has 2 N–H and O–H groups in total. The number of rotatable bonds is 6. The fraction of sp³-hybridized carbons (Fsp3) is 0.143. The maximum absolute atomic E-state index is 12.3. The molecule has 1 aromatic heterocycles. The molecular weight excluding hydrogens is 326 g/mol. The van der Waals surface area contributed by atoms with Crippen molar-refractivity contribution in [3.05, 3.63) is 83.6 Å². The highest BCUT2D eigenvalue weighted by Crippen LogP contribution is 2.15. The molecule has 0 radical (unpaired) electrons. The molecule has 0 fully saturated rings. The molecule has 5 nitrogen and oxygen atoms in total. The molecule has 0 aliphatic rings. The Morgan fingerprint density at radius 1 is 1.04 bits per heavy atom. The third-order valence-electron chi connectivity index (χ3n) is 4.09. The van der Waals surface area contributed by atoms with E-state index < -0.39 is 0 Å². The van der Waals surface area contributed by atoms with E-state index in [2.05, 4.69) is 34.7 Å².